The van der Waals surface area contributed by atoms with Gasteiger partial charge in [0.1, 0.15) is 0 Å². The van der Waals surface area contributed by atoms with Gasteiger partial charge in [-0.3, -0.25) is 5.10 Å². The van der Waals surface area contributed by atoms with E-state index in [1.54, 1.807) is 0 Å². The Hall–Kier alpha value is -0.870. The van der Waals surface area contributed by atoms with Crippen LogP contribution in [0.25, 0.3) is 0 Å². The van der Waals surface area contributed by atoms with Gasteiger partial charge in [-0.1, -0.05) is 0 Å². The van der Waals surface area contributed by atoms with E-state index in [1.165, 1.54) is 12.0 Å². The van der Waals surface area contributed by atoms with E-state index in [9.17, 15) is 5.11 Å². The van der Waals surface area contributed by atoms with Crippen molar-refractivity contribution in [2.45, 2.75) is 38.3 Å². The number of aliphatic hydroxyl groups is 1. The molecule has 4 nitrogen and oxygen atoms in total. The first-order chi connectivity index (χ1) is 6.76. The summed E-state index contributed by atoms with van der Waals surface area (Å²) in [7, 11) is 0. The van der Waals surface area contributed by atoms with E-state index in [0.29, 0.717) is 0 Å². The lowest BCUT2D eigenvalue weighted by Gasteiger charge is -2.41. The second-order valence-electron chi connectivity index (χ2n) is 4.17. The smallest absolute Gasteiger partial charge is 0.0613 e. The Balaban J connectivity index is 1.90. The van der Waals surface area contributed by atoms with Crippen molar-refractivity contribution in [1.29, 1.82) is 0 Å². The van der Waals surface area contributed by atoms with Gasteiger partial charge in [0.2, 0.25) is 0 Å². The summed E-state index contributed by atoms with van der Waals surface area (Å²) >= 11 is 0. The fourth-order valence-corrected chi connectivity index (χ4v) is 1.83. The van der Waals surface area contributed by atoms with Crippen molar-refractivity contribution < 1.29 is 5.11 Å². The van der Waals surface area contributed by atoms with Gasteiger partial charge in [-0.2, -0.15) is 5.10 Å². The number of aromatic amines is 1. The second-order valence-corrected chi connectivity index (χ2v) is 4.17. The summed E-state index contributed by atoms with van der Waals surface area (Å²) in [4.78, 5) is 0. The highest BCUT2D eigenvalue weighted by Crippen LogP contribution is 2.31. The molecule has 0 unspecified atom stereocenters. The molecule has 0 atom stereocenters. The first-order valence-electron chi connectivity index (χ1n) is 5.10. The maximum Gasteiger partial charge on any atom is 0.0613 e. The van der Waals surface area contributed by atoms with Gasteiger partial charge in [0.05, 0.1) is 12.8 Å². The van der Waals surface area contributed by atoms with Gasteiger partial charge >= 0.3 is 0 Å². The third kappa shape index (κ3) is 1.67. The summed E-state index contributed by atoms with van der Waals surface area (Å²) in [5.41, 5.74) is 2.28. The Morgan fingerprint density at radius 3 is 2.86 bits per heavy atom. The normalized spacial score (nSPS) is 19.3. The lowest BCUT2D eigenvalue weighted by Crippen LogP contribution is -2.53. The quantitative estimate of drug-likeness (QED) is 0.663. The van der Waals surface area contributed by atoms with Gasteiger partial charge in [0.15, 0.2) is 0 Å². The van der Waals surface area contributed by atoms with Gasteiger partial charge < -0.3 is 10.4 Å². The highest BCUT2D eigenvalue weighted by atomic mass is 16.3. The number of aliphatic hydroxyl groups excluding tert-OH is 1. The molecule has 0 saturated heterocycles. The molecule has 3 N–H and O–H groups in total. The van der Waals surface area contributed by atoms with Crippen LogP contribution < -0.4 is 5.32 Å². The third-order valence-corrected chi connectivity index (χ3v) is 3.20. The van der Waals surface area contributed by atoms with E-state index in [0.717, 1.165) is 25.1 Å². The largest absolute Gasteiger partial charge is 0.394 e. The number of nitrogens with zero attached hydrogens (tertiary/aromatic N) is 1. The number of aryl methyl sites for hydroxylation is 1. The summed E-state index contributed by atoms with van der Waals surface area (Å²) in [5, 5.41) is 19.5. The lowest BCUT2D eigenvalue weighted by atomic mass is 9.77. The number of hydrogen-bond donors (Lipinski definition) is 3. The van der Waals surface area contributed by atoms with Gasteiger partial charge in [-0.25, -0.2) is 0 Å². The van der Waals surface area contributed by atoms with E-state index >= 15 is 0 Å². The standard InChI is InChI=1S/C10H17N3O/c1-8-9(6-12-13-8)5-11-10(7-14)3-2-4-10/h6,11,14H,2-5,7H2,1H3,(H,12,13). The SMILES string of the molecule is Cc1[nH]ncc1CNC1(CO)CCC1. The van der Waals surface area contributed by atoms with Crippen LogP contribution in [0.5, 0.6) is 0 Å². The van der Waals surface area contributed by atoms with Crippen molar-refractivity contribution in [1.82, 2.24) is 15.5 Å². The molecule has 1 saturated carbocycles. The van der Waals surface area contributed by atoms with Crippen molar-refractivity contribution in [3.8, 4) is 0 Å². The van der Waals surface area contributed by atoms with Crippen molar-refractivity contribution >= 4 is 0 Å². The molecule has 0 aromatic carbocycles. The van der Waals surface area contributed by atoms with Crippen LogP contribution in [0, 0.1) is 6.92 Å². The molecule has 2 rings (SSSR count). The monoisotopic (exact) mass is 195 g/mol. The van der Waals surface area contributed by atoms with Crippen LogP contribution in [0.4, 0.5) is 0 Å². The van der Waals surface area contributed by atoms with Gasteiger partial charge in [0.25, 0.3) is 0 Å². The summed E-state index contributed by atoms with van der Waals surface area (Å²) in [6.45, 7) is 3.04. The molecule has 0 amide bonds. The average Bonchev–Trinajstić information content (AvgIpc) is 2.51. The van der Waals surface area contributed by atoms with E-state index in [2.05, 4.69) is 15.5 Å². The molecule has 0 bridgehead atoms. The molecule has 0 radical (unpaired) electrons. The zero-order chi connectivity index (χ0) is 10.0. The summed E-state index contributed by atoms with van der Waals surface area (Å²) in [6, 6.07) is 0. The topological polar surface area (TPSA) is 60.9 Å². The maximum atomic E-state index is 9.25. The van der Waals surface area contributed by atoms with Crippen LogP contribution in [0.15, 0.2) is 6.20 Å². The van der Waals surface area contributed by atoms with Crippen molar-refractivity contribution in [2.24, 2.45) is 0 Å². The van der Waals surface area contributed by atoms with E-state index in [1.807, 2.05) is 13.1 Å². The van der Waals surface area contributed by atoms with Crippen LogP contribution in [0.2, 0.25) is 0 Å². The fraction of sp³-hybridized carbons (Fsp3) is 0.700. The Kier molecular flexibility index (Phi) is 2.56. The second kappa shape index (κ2) is 3.71. The van der Waals surface area contributed by atoms with E-state index in [-0.39, 0.29) is 12.1 Å². The van der Waals surface area contributed by atoms with E-state index < -0.39 is 0 Å². The third-order valence-electron chi connectivity index (χ3n) is 3.20. The van der Waals surface area contributed by atoms with Crippen LogP contribution in [0.1, 0.15) is 30.5 Å². The summed E-state index contributed by atoms with van der Waals surface area (Å²) < 4.78 is 0. The van der Waals surface area contributed by atoms with Crippen LogP contribution in [0.3, 0.4) is 0 Å². The summed E-state index contributed by atoms with van der Waals surface area (Å²) in [5.74, 6) is 0. The predicted molar refractivity (Wildman–Crippen MR) is 53.8 cm³/mol. The Labute approximate surface area is 83.7 Å². The zero-order valence-electron chi connectivity index (χ0n) is 8.51. The molecule has 4 heteroatoms. The van der Waals surface area contributed by atoms with Crippen LogP contribution in [-0.2, 0) is 6.54 Å². The van der Waals surface area contributed by atoms with Crippen LogP contribution in [-0.4, -0.2) is 27.4 Å². The fourth-order valence-electron chi connectivity index (χ4n) is 1.83. The highest BCUT2D eigenvalue weighted by molar-refractivity contribution is 5.14. The van der Waals surface area contributed by atoms with Gasteiger partial charge in [-0.05, 0) is 26.2 Å². The van der Waals surface area contributed by atoms with Gasteiger partial charge in [-0.15, -0.1) is 0 Å². The molecule has 1 aromatic rings. The first kappa shape index (κ1) is 9.68. The molecular weight excluding hydrogens is 178 g/mol. The predicted octanol–water partition coefficient (Wildman–Crippen LogP) is 0.723. The Morgan fingerprint density at radius 2 is 2.43 bits per heavy atom. The molecule has 78 valence electrons. The molecule has 1 aliphatic rings. The number of aromatic nitrogens is 2. The molecule has 1 aliphatic carbocycles. The van der Waals surface area contributed by atoms with Crippen molar-refractivity contribution in [2.75, 3.05) is 6.61 Å². The Bertz CT molecular complexity index is 299. The summed E-state index contributed by atoms with van der Waals surface area (Å²) in [6.07, 6.45) is 5.23. The number of H-pyrrole nitrogens is 1. The molecule has 1 fully saturated rings. The maximum absolute atomic E-state index is 9.25. The van der Waals surface area contributed by atoms with Crippen LogP contribution >= 0.6 is 0 Å². The molecule has 1 heterocycles. The van der Waals surface area contributed by atoms with Crippen molar-refractivity contribution in [3.05, 3.63) is 17.5 Å². The number of nitrogens with one attached hydrogen (secondary N) is 2. The minimum atomic E-state index is -0.0102. The number of rotatable bonds is 4. The molecule has 0 aliphatic heterocycles. The average molecular weight is 195 g/mol. The van der Waals surface area contributed by atoms with Crippen molar-refractivity contribution in [3.63, 3.8) is 0 Å². The van der Waals surface area contributed by atoms with E-state index in [4.69, 9.17) is 0 Å². The molecule has 0 spiro atoms. The zero-order valence-corrected chi connectivity index (χ0v) is 8.51. The molecular formula is C10H17N3O. The molecule has 14 heavy (non-hydrogen) atoms. The highest BCUT2D eigenvalue weighted by Gasteiger charge is 2.35. The minimum absolute atomic E-state index is 0.0102. The molecule has 1 aromatic heterocycles. The Morgan fingerprint density at radius 1 is 1.64 bits per heavy atom. The minimum Gasteiger partial charge on any atom is -0.394 e. The van der Waals surface area contributed by atoms with Gasteiger partial charge in [0, 0.05) is 23.3 Å². The lowest BCUT2D eigenvalue weighted by molar-refractivity contribution is 0.0871. The number of hydrogen-bond acceptors (Lipinski definition) is 3. The first-order valence-corrected chi connectivity index (χ1v) is 5.10.